The van der Waals surface area contributed by atoms with E-state index in [0.29, 0.717) is 15.2 Å². The van der Waals surface area contributed by atoms with Gasteiger partial charge in [0, 0.05) is 18.0 Å². The van der Waals surface area contributed by atoms with Crippen LogP contribution in [0.1, 0.15) is 0 Å². The summed E-state index contributed by atoms with van der Waals surface area (Å²) in [7, 11) is 0. The lowest BCUT2D eigenvalue weighted by molar-refractivity contribution is 1.09. The fraction of sp³-hybridized carbons (Fsp3) is 0. The first-order chi connectivity index (χ1) is 8.83. The van der Waals surface area contributed by atoms with Gasteiger partial charge in [0.1, 0.15) is 15.8 Å². The van der Waals surface area contributed by atoms with Crippen molar-refractivity contribution >= 4 is 33.9 Å². The molecule has 0 saturated heterocycles. The van der Waals surface area contributed by atoms with Gasteiger partial charge in [-0.25, -0.2) is 9.97 Å². The molecule has 0 atom stereocenters. The Morgan fingerprint density at radius 3 is 3.00 bits per heavy atom. The fourth-order valence-corrected chi connectivity index (χ4v) is 2.55. The SMILES string of the molecule is Clc1sc(Nc2ccccn2)nc1-c1cn[nH]c1. The Balaban J connectivity index is 1.89. The van der Waals surface area contributed by atoms with E-state index in [1.807, 2.05) is 18.2 Å². The Morgan fingerprint density at radius 2 is 2.28 bits per heavy atom. The number of aromatic amines is 1. The summed E-state index contributed by atoms with van der Waals surface area (Å²) >= 11 is 7.53. The number of halogens is 1. The third-order valence-corrected chi connectivity index (χ3v) is 3.43. The van der Waals surface area contributed by atoms with Crippen LogP contribution in [0, 0.1) is 0 Å². The molecule has 0 fully saturated rings. The van der Waals surface area contributed by atoms with Crippen LogP contribution < -0.4 is 5.32 Å². The second kappa shape index (κ2) is 4.75. The zero-order valence-electron chi connectivity index (χ0n) is 9.09. The average molecular weight is 278 g/mol. The molecule has 18 heavy (non-hydrogen) atoms. The van der Waals surface area contributed by atoms with E-state index in [2.05, 4.69) is 25.5 Å². The highest BCUT2D eigenvalue weighted by atomic mass is 35.5. The van der Waals surface area contributed by atoms with Crippen molar-refractivity contribution in [1.82, 2.24) is 20.2 Å². The van der Waals surface area contributed by atoms with E-state index in [0.717, 1.165) is 11.4 Å². The molecule has 0 radical (unpaired) electrons. The number of thiazole rings is 1. The maximum Gasteiger partial charge on any atom is 0.190 e. The van der Waals surface area contributed by atoms with Crippen LogP contribution in [-0.4, -0.2) is 20.2 Å². The van der Waals surface area contributed by atoms with E-state index < -0.39 is 0 Å². The molecule has 3 rings (SSSR count). The minimum Gasteiger partial charge on any atom is -0.316 e. The first-order valence-corrected chi connectivity index (χ1v) is 6.36. The van der Waals surface area contributed by atoms with Crippen molar-refractivity contribution in [3.05, 3.63) is 41.1 Å². The van der Waals surface area contributed by atoms with E-state index in [1.54, 1.807) is 18.6 Å². The molecule has 0 aliphatic rings. The van der Waals surface area contributed by atoms with Crippen LogP contribution in [0.5, 0.6) is 0 Å². The van der Waals surface area contributed by atoms with Gasteiger partial charge >= 0.3 is 0 Å². The van der Waals surface area contributed by atoms with E-state index in [-0.39, 0.29) is 0 Å². The van der Waals surface area contributed by atoms with Crippen LogP contribution in [0.2, 0.25) is 4.34 Å². The molecule has 0 spiro atoms. The number of pyridine rings is 1. The minimum absolute atomic E-state index is 0.620. The summed E-state index contributed by atoms with van der Waals surface area (Å²) in [5.74, 6) is 0.738. The second-order valence-corrected chi connectivity index (χ2v) is 5.07. The van der Waals surface area contributed by atoms with E-state index in [1.165, 1.54) is 11.3 Å². The second-order valence-electron chi connectivity index (χ2n) is 3.47. The molecule has 3 heterocycles. The van der Waals surface area contributed by atoms with Crippen LogP contribution in [0.4, 0.5) is 10.9 Å². The number of rotatable bonds is 3. The van der Waals surface area contributed by atoms with Gasteiger partial charge in [-0.15, -0.1) is 0 Å². The summed E-state index contributed by atoms with van der Waals surface area (Å²) in [6.45, 7) is 0. The Kier molecular flexibility index (Phi) is 2.95. The highest BCUT2D eigenvalue weighted by molar-refractivity contribution is 7.20. The predicted molar refractivity (Wildman–Crippen MR) is 72.2 cm³/mol. The van der Waals surface area contributed by atoms with Crippen molar-refractivity contribution in [2.75, 3.05) is 5.32 Å². The summed E-state index contributed by atoms with van der Waals surface area (Å²) < 4.78 is 0.620. The van der Waals surface area contributed by atoms with Gasteiger partial charge in [-0.1, -0.05) is 29.0 Å². The number of nitrogens with one attached hydrogen (secondary N) is 2. The molecule has 0 unspecified atom stereocenters. The van der Waals surface area contributed by atoms with Crippen molar-refractivity contribution in [2.24, 2.45) is 0 Å². The van der Waals surface area contributed by atoms with Crippen molar-refractivity contribution in [2.45, 2.75) is 0 Å². The molecular weight excluding hydrogens is 270 g/mol. The molecule has 3 aromatic rings. The number of hydrogen-bond donors (Lipinski definition) is 2. The van der Waals surface area contributed by atoms with Crippen molar-refractivity contribution in [3.8, 4) is 11.3 Å². The molecule has 0 saturated carbocycles. The van der Waals surface area contributed by atoms with Crippen molar-refractivity contribution in [3.63, 3.8) is 0 Å². The molecule has 5 nitrogen and oxygen atoms in total. The maximum absolute atomic E-state index is 6.16. The highest BCUT2D eigenvalue weighted by Gasteiger charge is 2.12. The van der Waals surface area contributed by atoms with Crippen LogP contribution in [-0.2, 0) is 0 Å². The van der Waals surface area contributed by atoms with Gasteiger partial charge < -0.3 is 5.32 Å². The van der Waals surface area contributed by atoms with Gasteiger partial charge in [0.25, 0.3) is 0 Å². The van der Waals surface area contributed by atoms with Crippen LogP contribution >= 0.6 is 22.9 Å². The number of hydrogen-bond acceptors (Lipinski definition) is 5. The molecule has 0 bridgehead atoms. The zero-order valence-corrected chi connectivity index (χ0v) is 10.7. The van der Waals surface area contributed by atoms with Crippen LogP contribution in [0.15, 0.2) is 36.8 Å². The molecule has 0 amide bonds. The number of aromatic nitrogens is 4. The monoisotopic (exact) mass is 277 g/mol. The van der Waals surface area contributed by atoms with Gasteiger partial charge in [-0.2, -0.15) is 5.10 Å². The Morgan fingerprint density at radius 1 is 1.33 bits per heavy atom. The van der Waals surface area contributed by atoms with Gasteiger partial charge in [0.15, 0.2) is 5.13 Å². The third kappa shape index (κ3) is 2.20. The number of H-pyrrole nitrogens is 1. The highest BCUT2D eigenvalue weighted by Crippen LogP contribution is 2.35. The summed E-state index contributed by atoms with van der Waals surface area (Å²) in [4.78, 5) is 8.59. The topological polar surface area (TPSA) is 66.5 Å². The lowest BCUT2D eigenvalue weighted by atomic mass is 10.3. The quantitative estimate of drug-likeness (QED) is 0.771. The van der Waals surface area contributed by atoms with Crippen molar-refractivity contribution < 1.29 is 0 Å². The molecule has 2 N–H and O–H groups in total. The Bertz CT molecular complexity index is 635. The van der Waals surface area contributed by atoms with E-state index >= 15 is 0 Å². The minimum atomic E-state index is 0.620. The van der Waals surface area contributed by atoms with E-state index in [9.17, 15) is 0 Å². The van der Waals surface area contributed by atoms with Gasteiger partial charge in [0.05, 0.1) is 6.20 Å². The van der Waals surface area contributed by atoms with Crippen molar-refractivity contribution in [1.29, 1.82) is 0 Å². The summed E-state index contributed by atoms with van der Waals surface area (Å²) in [6.07, 6.45) is 5.16. The molecule has 90 valence electrons. The van der Waals surface area contributed by atoms with E-state index in [4.69, 9.17) is 11.6 Å². The first kappa shape index (κ1) is 11.2. The Hall–Kier alpha value is -1.92. The summed E-state index contributed by atoms with van der Waals surface area (Å²) in [5.41, 5.74) is 1.58. The molecule has 0 aromatic carbocycles. The normalized spacial score (nSPS) is 10.5. The lowest BCUT2D eigenvalue weighted by Gasteiger charge is -1.98. The Labute approximate surface area is 112 Å². The first-order valence-electron chi connectivity index (χ1n) is 5.16. The molecular formula is C11H8ClN5S. The fourth-order valence-electron chi connectivity index (χ4n) is 1.46. The largest absolute Gasteiger partial charge is 0.316 e. The van der Waals surface area contributed by atoms with Gasteiger partial charge in [-0.05, 0) is 12.1 Å². The molecule has 3 aromatic heterocycles. The number of anilines is 2. The smallest absolute Gasteiger partial charge is 0.190 e. The molecule has 7 heteroatoms. The zero-order chi connectivity index (χ0) is 12.4. The molecule has 0 aliphatic carbocycles. The predicted octanol–water partition coefficient (Wildman–Crippen LogP) is 3.33. The van der Waals surface area contributed by atoms with Gasteiger partial charge in [0.2, 0.25) is 0 Å². The van der Waals surface area contributed by atoms with Crippen LogP contribution in [0.3, 0.4) is 0 Å². The lowest BCUT2D eigenvalue weighted by Crippen LogP contribution is -1.91. The maximum atomic E-state index is 6.16. The number of nitrogens with zero attached hydrogens (tertiary/aromatic N) is 3. The summed E-state index contributed by atoms with van der Waals surface area (Å²) in [6, 6.07) is 5.63. The third-order valence-electron chi connectivity index (χ3n) is 2.26. The van der Waals surface area contributed by atoms with Crippen LogP contribution in [0.25, 0.3) is 11.3 Å². The summed E-state index contributed by atoms with van der Waals surface area (Å²) in [5, 5.41) is 10.4. The average Bonchev–Trinajstić information content (AvgIpc) is 3.00. The van der Waals surface area contributed by atoms with Gasteiger partial charge in [-0.3, -0.25) is 5.10 Å². The molecule has 0 aliphatic heterocycles. The standard InChI is InChI=1S/C11H8ClN5S/c12-10-9(7-5-14-15-6-7)17-11(18-10)16-8-3-1-2-4-13-8/h1-6H,(H,14,15)(H,13,16,17).